The third-order valence-electron chi connectivity index (χ3n) is 2.46. The highest BCUT2D eigenvalue weighted by Crippen LogP contribution is 2.20. The van der Waals surface area contributed by atoms with Gasteiger partial charge in [0.05, 0.1) is 17.0 Å². The van der Waals surface area contributed by atoms with Crippen molar-refractivity contribution in [2.24, 2.45) is 11.1 Å². The number of nitriles is 1. The summed E-state index contributed by atoms with van der Waals surface area (Å²) < 4.78 is 0. The van der Waals surface area contributed by atoms with Gasteiger partial charge in [-0.25, -0.2) is 0 Å². The maximum atomic E-state index is 11.0. The van der Waals surface area contributed by atoms with Crippen molar-refractivity contribution in [1.29, 1.82) is 5.26 Å². The van der Waals surface area contributed by atoms with Gasteiger partial charge in [0.25, 0.3) is 0 Å². The molecule has 4 nitrogen and oxygen atoms in total. The quantitative estimate of drug-likeness (QED) is 0.647. The molecule has 0 bridgehead atoms. The Hall–Kier alpha value is -1.08. The summed E-state index contributed by atoms with van der Waals surface area (Å²) in [7, 11) is 0. The van der Waals surface area contributed by atoms with Crippen molar-refractivity contribution in [3.8, 4) is 6.07 Å². The SMILES string of the molecule is CC(C)(C#N)CCCNC(C)(C)C(N)=O. The second-order valence-electron chi connectivity index (χ2n) is 5.02. The van der Waals surface area contributed by atoms with Gasteiger partial charge in [-0.05, 0) is 47.1 Å². The van der Waals surface area contributed by atoms with Crippen LogP contribution in [0.25, 0.3) is 0 Å². The predicted octanol–water partition coefficient (Wildman–Crippen LogP) is 1.17. The summed E-state index contributed by atoms with van der Waals surface area (Å²) in [5.74, 6) is -0.359. The van der Waals surface area contributed by atoms with Gasteiger partial charge >= 0.3 is 0 Å². The van der Waals surface area contributed by atoms with Crippen molar-refractivity contribution in [2.75, 3.05) is 6.54 Å². The standard InChI is InChI=1S/C11H21N3O/c1-10(2,8-12)6-5-7-14-11(3,4)9(13)15/h14H,5-7H2,1-4H3,(H2,13,15). The fourth-order valence-corrected chi connectivity index (χ4v) is 1.07. The van der Waals surface area contributed by atoms with Gasteiger partial charge in [-0.15, -0.1) is 0 Å². The first-order chi connectivity index (χ1) is 6.71. The molecule has 0 aromatic heterocycles. The maximum absolute atomic E-state index is 11.0. The van der Waals surface area contributed by atoms with Gasteiger partial charge in [0.2, 0.25) is 5.91 Å². The van der Waals surface area contributed by atoms with E-state index in [2.05, 4.69) is 11.4 Å². The molecule has 0 saturated carbocycles. The number of primary amides is 1. The lowest BCUT2D eigenvalue weighted by atomic mass is 9.89. The van der Waals surface area contributed by atoms with Crippen LogP contribution in [0.3, 0.4) is 0 Å². The summed E-state index contributed by atoms with van der Waals surface area (Å²) in [5, 5.41) is 11.9. The van der Waals surface area contributed by atoms with Crippen LogP contribution in [0, 0.1) is 16.7 Å². The largest absolute Gasteiger partial charge is 0.368 e. The number of amides is 1. The van der Waals surface area contributed by atoms with Gasteiger partial charge in [0.1, 0.15) is 0 Å². The zero-order valence-corrected chi connectivity index (χ0v) is 10.1. The maximum Gasteiger partial charge on any atom is 0.237 e. The van der Waals surface area contributed by atoms with E-state index in [-0.39, 0.29) is 11.3 Å². The second kappa shape index (κ2) is 5.13. The van der Waals surface area contributed by atoms with E-state index in [9.17, 15) is 4.79 Å². The summed E-state index contributed by atoms with van der Waals surface area (Å²) in [5.41, 5.74) is 4.25. The molecule has 0 aliphatic rings. The molecule has 0 aliphatic carbocycles. The Kier molecular flexibility index (Phi) is 4.76. The molecule has 0 aromatic carbocycles. The molecule has 4 heteroatoms. The normalized spacial score (nSPS) is 12.2. The number of carbonyl (C=O) groups is 1. The number of nitrogens with two attached hydrogens (primary N) is 1. The Balaban J connectivity index is 3.83. The van der Waals surface area contributed by atoms with Gasteiger partial charge in [-0.2, -0.15) is 5.26 Å². The van der Waals surface area contributed by atoms with Crippen LogP contribution in [0.4, 0.5) is 0 Å². The summed E-state index contributed by atoms with van der Waals surface area (Å²) in [6, 6.07) is 2.24. The molecule has 3 N–H and O–H groups in total. The number of hydrogen-bond acceptors (Lipinski definition) is 3. The number of nitrogens with zero attached hydrogens (tertiary/aromatic N) is 1. The van der Waals surface area contributed by atoms with Crippen LogP contribution in [0.5, 0.6) is 0 Å². The lowest BCUT2D eigenvalue weighted by Gasteiger charge is -2.23. The van der Waals surface area contributed by atoms with E-state index in [1.807, 2.05) is 13.8 Å². The third kappa shape index (κ3) is 5.38. The van der Waals surface area contributed by atoms with Crippen LogP contribution in [-0.2, 0) is 4.79 Å². The summed E-state index contributed by atoms with van der Waals surface area (Å²) in [4.78, 5) is 11.0. The van der Waals surface area contributed by atoms with Crippen molar-refractivity contribution < 1.29 is 4.79 Å². The van der Waals surface area contributed by atoms with Crippen molar-refractivity contribution in [3.63, 3.8) is 0 Å². The number of hydrogen-bond donors (Lipinski definition) is 2. The highest BCUT2D eigenvalue weighted by Gasteiger charge is 2.24. The fourth-order valence-electron chi connectivity index (χ4n) is 1.07. The lowest BCUT2D eigenvalue weighted by Crippen LogP contribution is -2.50. The minimum Gasteiger partial charge on any atom is -0.368 e. The molecule has 0 heterocycles. The lowest BCUT2D eigenvalue weighted by molar-refractivity contribution is -0.123. The molecular weight excluding hydrogens is 190 g/mol. The monoisotopic (exact) mass is 211 g/mol. The van der Waals surface area contributed by atoms with Crippen molar-refractivity contribution in [1.82, 2.24) is 5.32 Å². The molecule has 86 valence electrons. The Morgan fingerprint density at radius 3 is 2.33 bits per heavy atom. The van der Waals surface area contributed by atoms with Crippen molar-refractivity contribution in [2.45, 2.75) is 46.1 Å². The van der Waals surface area contributed by atoms with Crippen molar-refractivity contribution >= 4 is 5.91 Å². The molecule has 0 rings (SSSR count). The molecule has 1 amide bonds. The Morgan fingerprint density at radius 2 is 1.93 bits per heavy atom. The molecule has 0 aromatic rings. The van der Waals surface area contributed by atoms with Gasteiger partial charge in [-0.1, -0.05) is 0 Å². The van der Waals surface area contributed by atoms with E-state index in [4.69, 9.17) is 11.0 Å². The van der Waals surface area contributed by atoms with Crippen LogP contribution in [0.2, 0.25) is 0 Å². The molecule has 0 saturated heterocycles. The molecule has 0 fully saturated rings. The zero-order chi connectivity index (χ0) is 12.1. The third-order valence-corrected chi connectivity index (χ3v) is 2.46. The molecule has 0 aliphatic heterocycles. The molecular formula is C11H21N3O. The van der Waals surface area contributed by atoms with Crippen LogP contribution < -0.4 is 11.1 Å². The summed E-state index contributed by atoms with van der Waals surface area (Å²) >= 11 is 0. The second-order valence-corrected chi connectivity index (χ2v) is 5.02. The highest BCUT2D eigenvalue weighted by atomic mass is 16.1. The first-order valence-electron chi connectivity index (χ1n) is 5.17. The topological polar surface area (TPSA) is 78.9 Å². The van der Waals surface area contributed by atoms with E-state index in [1.165, 1.54) is 0 Å². The molecule has 0 unspecified atom stereocenters. The average Bonchev–Trinajstić information content (AvgIpc) is 2.12. The van der Waals surface area contributed by atoms with E-state index < -0.39 is 5.54 Å². The Bertz CT molecular complexity index is 263. The molecule has 0 spiro atoms. The van der Waals surface area contributed by atoms with E-state index >= 15 is 0 Å². The van der Waals surface area contributed by atoms with Crippen LogP contribution in [0.1, 0.15) is 40.5 Å². The average molecular weight is 211 g/mol. The van der Waals surface area contributed by atoms with Crippen LogP contribution in [-0.4, -0.2) is 18.0 Å². The Morgan fingerprint density at radius 1 is 1.40 bits per heavy atom. The first-order valence-corrected chi connectivity index (χ1v) is 5.17. The van der Waals surface area contributed by atoms with Crippen LogP contribution in [0.15, 0.2) is 0 Å². The minimum atomic E-state index is -0.670. The highest BCUT2D eigenvalue weighted by molar-refractivity contribution is 5.83. The molecule has 15 heavy (non-hydrogen) atoms. The van der Waals surface area contributed by atoms with E-state index in [0.29, 0.717) is 6.54 Å². The smallest absolute Gasteiger partial charge is 0.237 e. The fraction of sp³-hybridized carbons (Fsp3) is 0.818. The summed E-state index contributed by atoms with van der Waals surface area (Å²) in [6.07, 6.45) is 1.67. The number of rotatable bonds is 6. The van der Waals surface area contributed by atoms with Gasteiger partial charge in [0, 0.05) is 0 Å². The first kappa shape index (κ1) is 13.9. The molecule has 0 atom stereocenters. The number of carbonyl (C=O) groups excluding carboxylic acids is 1. The molecule has 0 radical (unpaired) electrons. The Labute approximate surface area is 91.8 Å². The van der Waals surface area contributed by atoms with Gasteiger partial charge < -0.3 is 11.1 Å². The number of nitrogens with one attached hydrogen (secondary N) is 1. The van der Waals surface area contributed by atoms with E-state index in [1.54, 1.807) is 13.8 Å². The van der Waals surface area contributed by atoms with Gasteiger partial charge in [-0.3, -0.25) is 4.79 Å². The summed E-state index contributed by atoms with van der Waals surface area (Å²) in [6.45, 7) is 8.02. The van der Waals surface area contributed by atoms with Crippen LogP contribution >= 0.6 is 0 Å². The predicted molar refractivity (Wildman–Crippen MR) is 59.9 cm³/mol. The van der Waals surface area contributed by atoms with Gasteiger partial charge in [0.15, 0.2) is 0 Å². The van der Waals surface area contributed by atoms with Crippen molar-refractivity contribution in [3.05, 3.63) is 0 Å². The zero-order valence-electron chi connectivity index (χ0n) is 10.1. The van der Waals surface area contributed by atoms with E-state index in [0.717, 1.165) is 12.8 Å². The minimum absolute atomic E-state index is 0.293.